The van der Waals surface area contributed by atoms with Crippen LogP contribution in [0.5, 0.6) is 5.75 Å². The van der Waals surface area contributed by atoms with E-state index in [2.05, 4.69) is 23.6 Å². The Hall–Kier alpha value is -2.08. The highest BCUT2D eigenvalue weighted by Gasteiger charge is 2.18. The van der Waals surface area contributed by atoms with Crippen molar-refractivity contribution in [2.24, 2.45) is 0 Å². The van der Waals surface area contributed by atoms with Crippen LogP contribution >= 0.6 is 11.6 Å². The zero-order valence-corrected chi connectivity index (χ0v) is 17.6. The molecule has 0 aliphatic heterocycles. The van der Waals surface area contributed by atoms with Gasteiger partial charge in [-0.15, -0.1) is 0 Å². The van der Waals surface area contributed by atoms with Crippen LogP contribution in [-0.2, 0) is 20.7 Å². The van der Waals surface area contributed by atoms with Gasteiger partial charge in [-0.2, -0.15) is 0 Å². The van der Waals surface area contributed by atoms with Crippen molar-refractivity contribution in [3.05, 3.63) is 64.7 Å². The van der Waals surface area contributed by atoms with Gasteiger partial charge in [-0.3, -0.25) is 0 Å². The summed E-state index contributed by atoms with van der Waals surface area (Å²) in [6.07, 6.45) is 0.847. The fourth-order valence-electron chi connectivity index (χ4n) is 2.88. The van der Waals surface area contributed by atoms with Crippen molar-refractivity contribution in [3.8, 4) is 5.75 Å². The molecule has 0 saturated carbocycles. The Bertz CT molecular complexity index is 750. The van der Waals surface area contributed by atoms with E-state index < -0.39 is 5.97 Å². The zero-order chi connectivity index (χ0) is 20.5. The monoisotopic (exact) mass is 405 g/mol. The molecule has 2 atom stereocenters. The molecule has 152 valence electrons. The molecule has 2 rings (SSSR count). The first kappa shape index (κ1) is 22.2. The summed E-state index contributed by atoms with van der Waals surface area (Å²) in [6, 6.07) is 15.9. The van der Waals surface area contributed by atoms with Gasteiger partial charge in [0, 0.05) is 24.7 Å². The highest BCUT2D eigenvalue weighted by Crippen LogP contribution is 2.22. The molecule has 6 heteroatoms. The van der Waals surface area contributed by atoms with Gasteiger partial charge in [0.2, 0.25) is 0 Å². The summed E-state index contributed by atoms with van der Waals surface area (Å²) >= 11 is 6.11. The van der Waals surface area contributed by atoms with Crippen molar-refractivity contribution >= 4 is 17.6 Å². The van der Waals surface area contributed by atoms with Crippen LogP contribution in [0.4, 0.5) is 0 Å². The van der Waals surface area contributed by atoms with Crippen LogP contribution in [0.2, 0.25) is 5.02 Å². The van der Waals surface area contributed by atoms with E-state index in [1.807, 2.05) is 48.5 Å². The molecule has 0 aliphatic rings. The van der Waals surface area contributed by atoms with Crippen molar-refractivity contribution in [1.29, 1.82) is 0 Å². The lowest BCUT2D eigenvalue weighted by atomic mass is 10.0. The Morgan fingerprint density at radius 1 is 1.14 bits per heavy atom. The van der Waals surface area contributed by atoms with Crippen molar-refractivity contribution < 1.29 is 19.0 Å². The highest BCUT2D eigenvalue weighted by atomic mass is 35.5. The van der Waals surface area contributed by atoms with E-state index in [9.17, 15) is 4.79 Å². The second-order valence-corrected chi connectivity index (χ2v) is 7.22. The van der Waals surface area contributed by atoms with E-state index in [4.69, 9.17) is 21.1 Å². The van der Waals surface area contributed by atoms with Crippen LogP contribution in [0, 0.1) is 0 Å². The number of hydrogen-bond acceptors (Lipinski definition) is 5. The Kier molecular flexibility index (Phi) is 8.77. The number of ether oxygens (including phenoxy) is 3. The van der Waals surface area contributed by atoms with Crippen molar-refractivity contribution in [2.45, 2.75) is 25.5 Å². The lowest BCUT2D eigenvalue weighted by Gasteiger charge is -2.29. The van der Waals surface area contributed by atoms with Gasteiger partial charge in [-0.05, 0) is 55.8 Å². The molecule has 0 bridgehead atoms. The number of carbonyl (C=O) groups is 1. The fraction of sp³-hybridized carbons (Fsp3) is 0.409. The van der Waals surface area contributed by atoms with Crippen LogP contribution in [0.15, 0.2) is 48.5 Å². The van der Waals surface area contributed by atoms with E-state index in [1.54, 1.807) is 7.11 Å². The summed E-state index contributed by atoms with van der Waals surface area (Å²) in [5, 5.41) is 0.713. The number of nitrogens with zero attached hydrogens (tertiary/aromatic N) is 1. The lowest BCUT2D eigenvalue weighted by molar-refractivity contribution is -0.142. The van der Waals surface area contributed by atoms with Crippen LogP contribution in [-0.4, -0.2) is 51.3 Å². The number of esters is 1. The summed E-state index contributed by atoms with van der Waals surface area (Å²) in [7, 11) is 5.15. The number of likely N-dealkylation sites (N-methyl/N-ethyl adjacent to an activating group) is 1. The molecule has 0 aromatic heterocycles. The molecule has 0 radical (unpaired) electrons. The number of benzene rings is 2. The SMILES string of the molecule is COC(=O)COc1ccc(CC(C)N(C)CC(OC)c2cccc(Cl)c2)cc1. The Balaban J connectivity index is 1.90. The number of carbonyl (C=O) groups excluding carboxylic acids is 1. The normalized spacial score (nSPS) is 13.2. The minimum Gasteiger partial charge on any atom is -0.482 e. The van der Waals surface area contributed by atoms with E-state index >= 15 is 0 Å². The molecule has 0 amide bonds. The van der Waals surface area contributed by atoms with Gasteiger partial charge in [-0.25, -0.2) is 4.79 Å². The summed E-state index contributed by atoms with van der Waals surface area (Å²) in [5.41, 5.74) is 2.27. The molecule has 0 heterocycles. The minimum absolute atomic E-state index is 0.0414. The highest BCUT2D eigenvalue weighted by molar-refractivity contribution is 6.30. The molecule has 5 nitrogen and oxygen atoms in total. The third kappa shape index (κ3) is 6.82. The van der Waals surface area contributed by atoms with E-state index in [1.165, 1.54) is 12.7 Å². The van der Waals surface area contributed by atoms with Crippen LogP contribution in [0.1, 0.15) is 24.2 Å². The molecule has 28 heavy (non-hydrogen) atoms. The van der Waals surface area contributed by atoms with Crippen molar-refractivity contribution in [3.63, 3.8) is 0 Å². The molecule has 0 spiro atoms. The fourth-order valence-corrected chi connectivity index (χ4v) is 3.08. The second-order valence-electron chi connectivity index (χ2n) is 6.78. The van der Waals surface area contributed by atoms with Gasteiger partial charge in [0.05, 0.1) is 13.2 Å². The Morgan fingerprint density at radius 2 is 1.86 bits per heavy atom. The number of halogens is 1. The summed E-state index contributed by atoms with van der Waals surface area (Å²) in [6.45, 7) is 2.86. The maximum absolute atomic E-state index is 11.1. The van der Waals surface area contributed by atoms with E-state index in [0.29, 0.717) is 16.8 Å². The first-order valence-electron chi connectivity index (χ1n) is 9.20. The largest absolute Gasteiger partial charge is 0.482 e. The summed E-state index contributed by atoms with van der Waals surface area (Å²) in [4.78, 5) is 13.4. The quantitative estimate of drug-likeness (QED) is 0.556. The van der Waals surface area contributed by atoms with Gasteiger partial charge < -0.3 is 19.1 Å². The third-order valence-corrected chi connectivity index (χ3v) is 4.99. The zero-order valence-electron chi connectivity index (χ0n) is 16.9. The molecule has 0 aliphatic carbocycles. The van der Waals surface area contributed by atoms with Crippen molar-refractivity contribution in [1.82, 2.24) is 4.90 Å². The lowest BCUT2D eigenvalue weighted by Crippen LogP contribution is -2.34. The molecule has 2 aromatic carbocycles. The number of rotatable bonds is 10. The van der Waals surface area contributed by atoms with Gasteiger partial charge in [0.1, 0.15) is 5.75 Å². The molecule has 2 unspecified atom stereocenters. The molecule has 0 saturated heterocycles. The first-order valence-corrected chi connectivity index (χ1v) is 9.57. The van der Waals surface area contributed by atoms with Gasteiger partial charge >= 0.3 is 5.97 Å². The molecular formula is C22H28ClNO4. The van der Waals surface area contributed by atoms with E-state index in [0.717, 1.165) is 18.5 Å². The number of hydrogen-bond donors (Lipinski definition) is 0. The third-order valence-electron chi connectivity index (χ3n) is 4.75. The molecular weight excluding hydrogens is 378 g/mol. The second kappa shape index (κ2) is 11.1. The maximum Gasteiger partial charge on any atom is 0.343 e. The average molecular weight is 406 g/mol. The van der Waals surface area contributed by atoms with Crippen LogP contribution in [0.25, 0.3) is 0 Å². The maximum atomic E-state index is 11.1. The van der Waals surface area contributed by atoms with Gasteiger partial charge in [0.25, 0.3) is 0 Å². The predicted molar refractivity (Wildman–Crippen MR) is 111 cm³/mol. The minimum atomic E-state index is -0.397. The molecule has 0 N–H and O–H groups in total. The smallest absolute Gasteiger partial charge is 0.343 e. The van der Waals surface area contributed by atoms with E-state index in [-0.39, 0.29) is 12.7 Å². The topological polar surface area (TPSA) is 48.0 Å². The standard InChI is InChI=1S/C22H28ClNO4/c1-16(12-17-8-10-20(11-9-17)28-15-22(25)27-4)24(2)14-21(26-3)18-6-5-7-19(23)13-18/h5-11,13,16,21H,12,14-15H2,1-4H3. The molecule has 0 fully saturated rings. The van der Waals surface area contributed by atoms with Crippen LogP contribution in [0.3, 0.4) is 0 Å². The average Bonchev–Trinajstić information content (AvgIpc) is 2.70. The summed E-state index contributed by atoms with van der Waals surface area (Å²) in [5.74, 6) is 0.252. The first-order chi connectivity index (χ1) is 13.4. The Labute approximate surface area is 172 Å². The predicted octanol–water partition coefficient (Wildman–Crippen LogP) is 4.14. The Morgan fingerprint density at radius 3 is 2.46 bits per heavy atom. The van der Waals surface area contributed by atoms with Crippen molar-refractivity contribution in [2.75, 3.05) is 34.4 Å². The molecule has 2 aromatic rings. The van der Waals surface area contributed by atoms with Gasteiger partial charge in [-0.1, -0.05) is 35.9 Å². The van der Waals surface area contributed by atoms with Gasteiger partial charge in [0.15, 0.2) is 6.61 Å². The summed E-state index contributed by atoms with van der Waals surface area (Å²) < 4.78 is 15.6. The van der Waals surface area contributed by atoms with Crippen LogP contribution < -0.4 is 4.74 Å². The number of methoxy groups -OCH3 is 2.